The normalized spacial score (nSPS) is 19.4. The van der Waals surface area contributed by atoms with Crippen molar-refractivity contribution in [2.75, 3.05) is 23.0 Å². The molecule has 2 aliphatic heterocycles. The van der Waals surface area contributed by atoms with Crippen LogP contribution in [0.3, 0.4) is 0 Å². The summed E-state index contributed by atoms with van der Waals surface area (Å²) in [6.45, 7) is 5.47. The van der Waals surface area contributed by atoms with Gasteiger partial charge in [0.15, 0.2) is 9.84 Å². The van der Waals surface area contributed by atoms with Crippen LogP contribution in [-0.2, 0) is 32.4 Å². The minimum Gasteiger partial charge on any atom is -0.444 e. The van der Waals surface area contributed by atoms with E-state index in [0.29, 0.717) is 5.69 Å². The van der Waals surface area contributed by atoms with Crippen LogP contribution in [0.2, 0.25) is 0 Å². The molecule has 0 saturated carbocycles. The molecule has 2 aromatic rings. The Balaban J connectivity index is 1.38. The van der Waals surface area contributed by atoms with Crippen molar-refractivity contribution in [1.82, 2.24) is 20.3 Å². The average Bonchev–Trinajstić information content (AvgIpc) is 3.37. The van der Waals surface area contributed by atoms with Crippen LogP contribution in [0, 0.1) is 11.6 Å². The van der Waals surface area contributed by atoms with E-state index in [2.05, 4.69) is 15.6 Å². The Kier molecular flexibility index (Phi) is 7.22. The Morgan fingerprint density at radius 2 is 1.97 bits per heavy atom. The summed E-state index contributed by atoms with van der Waals surface area (Å²) in [6, 6.07) is 2.06. The number of carbonyl (C=O) groups is 2. The lowest BCUT2D eigenvalue weighted by molar-refractivity contribution is 0.0522. The van der Waals surface area contributed by atoms with E-state index in [1.807, 2.05) is 0 Å². The number of hydrogen-bond donors (Lipinski definition) is 1. The Morgan fingerprint density at radius 1 is 1.27 bits per heavy atom. The highest BCUT2D eigenvalue weighted by molar-refractivity contribution is 7.91. The molecule has 1 aromatic heterocycles. The summed E-state index contributed by atoms with van der Waals surface area (Å²) >= 11 is 0. The largest absolute Gasteiger partial charge is 0.444 e. The highest BCUT2D eigenvalue weighted by atomic mass is 32.2. The Labute approximate surface area is 212 Å². The molecule has 11 nitrogen and oxygen atoms in total. The summed E-state index contributed by atoms with van der Waals surface area (Å²) in [5.41, 5.74) is -0.213. The number of benzene rings is 1. The number of allylic oxidation sites excluding steroid dienone is 1. The van der Waals surface area contributed by atoms with Gasteiger partial charge in [-0.15, -0.1) is 5.10 Å². The molecule has 1 fully saturated rings. The smallest absolute Gasteiger partial charge is 0.414 e. The third-order valence-corrected chi connectivity index (χ3v) is 7.09. The lowest BCUT2D eigenvalue weighted by Gasteiger charge is -2.19. The molecule has 2 amide bonds. The van der Waals surface area contributed by atoms with Gasteiger partial charge in [0, 0.05) is 5.56 Å². The molecule has 2 aliphatic rings. The van der Waals surface area contributed by atoms with Gasteiger partial charge in [0.05, 0.1) is 43.0 Å². The zero-order chi connectivity index (χ0) is 27.0. The zero-order valence-corrected chi connectivity index (χ0v) is 21.3. The number of ether oxygens (including phenoxy) is 2. The molecule has 1 atom stereocenters. The monoisotopic (exact) mass is 539 g/mol. The molecule has 0 unspecified atom stereocenters. The molecular formula is C23H27F2N5O6S. The quantitative estimate of drug-likeness (QED) is 0.593. The molecule has 1 saturated heterocycles. The number of aromatic nitrogens is 3. The van der Waals surface area contributed by atoms with E-state index in [1.165, 1.54) is 10.8 Å². The van der Waals surface area contributed by atoms with Crippen molar-refractivity contribution in [3.05, 3.63) is 47.3 Å². The molecule has 37 heavy (non-hydrogen) atoms. The summed E-state index contributed by atoms with van der Waals surface area (Å²) < 4.78 is 64.9. The number of sulfone groups is 1. The molecule has 14 heteroatoms. The Morgan fingerprint density at radius 3 is 2.59 bits per heavy atom. The van der Waals surface area contributed by atoms with Crippen LogP contribution in [0.15, 0.2) is 24.4 Å². The van der Waals surface area contributed by atoms with Crippen LogP contribution in [0.4, 0.5) is 24.1 Å². The maximum absolute atomic E-state index is 14.9. The minimum atomic E-state index is -3.25. The first-order valence-corrected chi connectivity index (χ1v) is 13.3. The van der Waals surface area contributed by atoms with Crippen molar-refractivity contribution in [1.29, 1.82) is 0 Å². The van der Waals surface area contributed by atoms with Gasteiger partial charge in [-0.1, -0.05) is 11.3 Å². The summed E-state index contributed by atoms with van der Waals surface area (Å²) in [6.07, 6.45) is 0.855. The van der Waals surface area contributed by atoms with Crippen molar-refractivity contribution in [2.45, 2.75) is 52.0 Å². The third-order valence-electron chi connectivity index (χ3n) is 5.59. The van der Waals surface area contributed by atoms with Crippen LogP contribution < -0.4 is 10.2 Å². The lowest BCUT2D eigenvalue weighted by atomic mass is 10.0. The van der Waals surface area contributed by atoms with Gasteiger partial charge in [0.1, 0.15) is 29.0 Å². The average molecular weight is 540 g/mol. The Bertz CT molecular complexity index is 1330. The fourth-order valence-corrected chi connectivity index (χ4v) is 5.10. The van der Waals surface area contributed by atoms with Gasteiger partial charge in [0.2, 0.25) is 0 Å². The molecule has 1 N–H and O–H groups in total. The van der Waals surface area contributed by atoms with Crippen LogP contribution in [-0.4, -0.2) is 65.4 Å². The van der Waals surface area contributed by atoms with Crippen LogP contribution in [0.5, 0.6) is 0 Å². The van der Waals surface area contributed by atoms with Gasteiger partial charge in [0.25, 0.3) is 0 Å². The van der Waals surface area contributed by atoms with Gasteiger partial charge >= 0.3 is 12.2 Å². The number of anilines is 1. The molecule has 3 heterocycles. The predicted molar refractivity (Wildman–Crippen MR) is 128 cm³/mol. The SMILES string of the molecule is CC(C)(C)OC(=O)NCc1cn(C[C@H]2CN(c3cc(F)c(C4=CCS(=O)(=O)CC4)c(F)c3)C(=O)O2)nn1. The van der Waals surface area contributed by atoms with E-state index in [0.717, 1.165) is 17.0 Å². The number of alkyl carbamates (subject to hydrolysis) is 1. The second kappa shape index (κ2) is 10.1. The first-order chi connectivity index (χ1) is 17.3. The van der Waals surface area contributed by atoms with E-state index in [-0.39, 0.29) is 54.4 Å². The standard InChI is InChI=1S/C23H27F2N5O6S/c1-23(2,3)36-21(31)26-10-15-11-29(28-27-15)12-17-13-30(22(32)35-17)16-8-18(24)20(19(25)9-16)14-4-6-37(33,34)7-5-14/h4,8-9,11,17H,5-7,10,12-13H2,1-3H3,(H,26,31)/t17-/m0/s1. The van der Waals surface area contributed by atoms with E-state index in [1.54, 1.807) is 27.0 Å². The maximum atomic E-state index is 14.9. The fourth-order valence-electron chi connectivity index (χ4n) is 3.95. The summed E-state index contributed by atoms with van der Waals surface area (Å²) in [4.78, 5) is 25.3. The summed E-state index contributed by atoms with van der Waals surface area (Å²) in [7, 11) is -3.25. The van der Waals surface area contributed by atoms with Crippen molar-refractivity contribution in [3.8, 4) is 0 Å². The second-order valence-corrected chi connectivity index (χ2v) is 12.0. The van der Waals surface area contributed by atoms with Gasteiger partial charge in [-0.05, 0) is 44.9 Å². The zero-order valence-electron chi connectivity index (χ0n) is 20.5. The molecule has 0 bridgehead atoms. The molecule has 4 rings (SSSR count). The van der Waals surface area contributed by atoms with Gasteiger partial charge in [-0.2, -0.15) is 0 Å². The number of cyclic esters (lactones) is 1. The summed E-state index contributed by atoms with van der Waals surface area (Å²) in [5.74, 6) is -2.24. The molecule has 1 aromatic carbocycles. The van der Waals surface area contributed by atoms with Gasteiger partial charge in [-0.25, -0.2) is 31.5 Å². The van der Waals surface area contributed by atoms with E-state index >= 15 is 0 Å². The van der Waals surface area contributed by atoms with Crippen molar-refractivity contribution >= 4 is 33.3 Å². The fraction of sp³-hybridized carbons (Fsp3) is 0.478. The van der Waals surface area contributed by atoms with E-state index in [9.17, 15) is 26.8 Å². The van der Waals surface area contributed by atoms with Gasteiger partial charge in [-0.3, -0.25) is 4.90 Å². The van der Waals surface area contributed by atoms with E-state index in [4.69, 9.17) is 9.47 Å². The molecule has 0 spiro atoms. The molecule has 0 radical (unpaired) electrons. The lowest BCUT2D eigenvalue weighted by Crippen LogP contribution is -2.32. The van der Waals surface area contributed by atoms with Crippen LogP contribution in [0.25, 0.3) is 5.57 Å². The van der Waals surface area contributed by atoms with Crippen molar-refractivity contribution < 1.29 is 36.3 Å². The maximum Gasteiger partial charge on any atom is 0.414 e. The van der Waals surface area contributed by atoms with Crippen molar-refractivity contribution in [2.24, 2.45) is 0 Å². The molecular weight excluding hydrogens is 512 g/mol. The van der Waals surface area contributed by atoms with Crippen LogP contribution in [0.1, 0.15) is 38.4 Å². The molecule has 200 valence electrons. The number of rotatable bonds is 6. The van der Waals surface area contributed by atoms with Crippen molar-refractivity contribution in [3.63, 3.8) is 0 Å². The molecule has 0 aliphatic carbocycles. The Hall–Kier alpha value is -3.55. The summed E-state index contributed by atoms with van der Waals surface area (Å²) in [5, 5.41) is 10.5. The number of hydrogen-bond acceptors (Lipinski definition) is 8. The van der Waals surface area contributed by atoms with Crippen LogP contribution >= 0.6 is 0 Å². The third kappa shape index (κ3) is 6.61. The number of halogens is 2. The highest BCUT2D eigenvalue weighted by Gasteiger charge is 2.34. The van der Waals surface area contributed by atoms with E-state index < -0.39 is 45.4 Å². The predicted octanol–water partition coefficient (Wildman–Crippen LogP) is 2.81. The topological polar surface area (TPSA) is 133 Å². The number of nitrogens with one attached hydrogen (secondary N) is 1. The highest BCUT2D eigenvalue weighted by Crippen LogP contribution is 2.32. The first-order valence-electron chi connectivity index (χ1n) is 11.5. The number of carbonyl (C=O) groups excluding carboxylic acids is 2. The number of nitrogens with zero attached hydrogens (tertiary/aromatic N) is 4. The second-order valence-electron chi connectivity index (χ2n) is 9.78. The first kappa shape index (κ1) is 26.5. The number of amides is 2. The minimum absolute atomic E-state index is 0.0105. The van der Waals surface area contributed by atoms with Gasteiger partial charge < -0.3 is 14.8 Å².